The molecular weight excluding hydrogens is 316 g/mol. The number of aliphatic hydroxyl groups is 2. The zero-order chi connectivity index (χ0) is 18.0. The van der Waals surface area contributed by atoms with Crippen molar-refractivity contribution in [2.45, 2.75) is 64.9 Å². The highest BCUT2D eigenvalue weighted by Crippen LogP contribution is 2.66. The van der Waals surface area contributed by atoms with Crippen molar-refractivity contribution in [3.8, 4) is 0 Å². The summed E-state index contributed by atoms with van der Waals surface area (Å²) in [5.41, 5.74) is 0.979. The van der Waals surface area contributed by atoms with Crippen molar-refractivity contribution in [3.05, 3.63) is 11.6 Å². The van der Waals surface area contributed by atoms with E-state index in [9.17, 15) is 19.8 Å². The number of rotatable bonds is 2. The zero-order valence-electron chi connectivity index (χ0n) is 15.3. The molecule has 4 aliphatic rings. The van der Waals surface area contributed by atoms with Gasteiger partial charge in [-0.15, -0.1) is 0 Å². The van der Waals surface area contributed by atoms with Crippen molar-refractivity contribution >= 4 is 11.6 Å². The molecule has 0 spiro atoms. The average Bonchev–Trinajstić information content (AvgIpc) is 2.91. The summed E-state index contributed by atoms with van der Waals surface area (Å²) < 4.78 is 0. The molecule has 3 saturated carbocycles. The summed E-state index contributed by atoms with van der Waals surface area (Å²) in [7, 11) is 0. The van der Waals surface area contributed by atoms with Crippen molar-refractivity contribution in [3.63, 3.8) is 0 Å². The molecule has 4 nitrogen and oxygen atoms in total. The molecule has 0 aliphatic heterocycles. The van der Waals surface area contributed by atoms with Gasteiger partial charge in [-0.3, -0.25) is 9.59 Å². The lowest BCUT2D eigenvalue weighted by Gasteiger charge is -2.59. The minimum atomic E-state index is -0.430. The first-order valence-electron chi connectivity index (χ1n) is 9.87. The van der Waals surface area contributed by atoms with Crippen LogP contribution in [0.5, 0.6) is 0 Å². The smallest absolute Gasteiger partial charge is 0.161 e. The topological polar surface area (TPSA) is 74.6 Å². The molecule has 25 heavy (non-hydrogen) atoms. The Balaban J connectivity index is 1.70. The highest BCUT2D eigenvalue weighted by molar-refractivity contribution is 5.91. The fourth-order valence-corrected chi connectivity index (χ4v) is 7.33. The first kappa shape index (κ1) is 17.4. The van der Waals surface area contributed by atoms with Crippen LogP contribution in [0.1, 0.15) is 58.8 Å². The summed E-state index contributed by atoms with van der Waals surface area (Å²) in [4.78, 5) is 24.2. The van der Waals surface area contributed by atoms with Crippen LogP contribution < -0.4 is 0 Å². The zero-order valence-corrected chi connectivity index (χ0v) is 15.3. The van der Waals surface area contributed by atoms with Gasteiger partial charge in [-0.05, 0) is 73.2 Å². The number of allylic oxidation sites excluding steroid dienone is 1. The van der Waals surface area contributed by atoms with Crippen LogP contribution in [0.2, 0.25) is 0 Å². The van der Waals surface area contributed by atoms with Crippen LogP contribution >= 0.6 is 0 Å². The summed E-state index contributed by atoms with van der Waals surface area (Å²) in [5.74, 6) is 1.12. The minimum Gasteiger partial charge on any atom is -0.393 e. The Labute approximate surface area is 149 Å². The van der Waals surface area contributed by atoms with E-state index in [2.05, 4.69) is 13.8 Å². The third kappa shape index (κ3) is 2.33. The number of Topliss-reactive ketones (excluding diaryl/α,β-unsaturated/α-hetero) is 1. The highest BCUT2D eigenvalue weighted by Gasteiger charge is 2.62. The van der Waals surface area contributed by atoms with Crippen LogP contribution in [0.15, 0.2) is 11.6 Å². The van der Waals surface area contributed by atoms with Gasteiger partial charge in [0.05, 0.1) is 6.10 Å². The Bertz CT molecular complexity index is 638. The number of hydrogen-bond acceptors (Lipinski definition) is 4. The van der Waals surface area contributed by atoms with Gasteiger partial charge in [0.1, 0.15) is 6.61 Å². The molecule has 7 atom stereocenters. The van der Waals surface area contributed by atoms with Gasteiger partial charge in [0.25, 0.3) is 0 Å². The molecule has 4 rings (SSSR count). The Morgan fingerprint density at radius 3 is 2.72 bits per heavy atom. The molecule has 1 unspecified atom stereocenters. The van der Waals surface area contributed by atoms with E-state index in [0.29, 0.717) is 24.7 Å². The maximum absolute atomic E-state index is 12.3. The third-order valence-corrected chi connectivity index (χ3v) is 8.44. The van der Waals surface area contributed by atoms with Gasteiger partial charge < -0.3 is 10.2 Å². The predicted octanol–water partition coefficient (Wildman–Crippen LogP) is 2.67. The van der Waals surface area contributed by atoms with E-state index in [-0.39, 0.29) is 40.8 Å². The van der Waals surface area contributed by atoms with E-state index in [4.69, 9.17) is 0 Å². The number of aliphatic hydroxyl groups excluding tert-OH is 2. The molecule has 0 heterocycles. The normalized spacial score (nSPS) is 49.0. The molecule has 4 aliphatic carbocycles. The SMILES string of the molecule is C[C@]12CCC(=O)C=C1CC[C@@H]1C3CC[C@H](C(=O)CO)[C@@]3(C)C[C@H](O)[C@H]12. The molecule has 0 aromatic heterocycles. The van der Waals surface area contributed by atoms with Gasteiger partial charge in [0.2, 0.25) is 0 Å². The van der Waals surface area contributed by atoms with E-state index in [1.54, 1.807) is 0 Å². The number of ketones is 2. The first-order valence-corrected chi connectivity index (χ1v) is 9.87. The lowest BCUT2D eigenvalue weighted by atomic mass is 9.46. The van der Waals surface area contributed by atoms with Crippen LogP contribution in [-0.4, -0.2) is 34.5 Å². The largest absolute Gasteiger partial charge is 0.393 e. The Kier molecular flexibility index (Phi) is 4.01. The molecule has 3 fully saturated rings. The second-order valence-electron chi connectivity index (χ2n) is 9.42. The van der Waals surface area contributed by atoms with E-state index >= 15 is 0 Å². The van der Waals surface area contributed by atoms with E-state index in [0.717, 1.165) is 32.1 Å². The molecule has 0 bridgehead atoms. The summed E-state index contributed by atoms with van der Waals surface area (Å²) >= 11 is 0. The van der Waals surface area contributed by atoms with Crippen molar-refractivity contribution in [1.82, 2.24) is 0 Å². The van der Waals surface area contributed by atoms with E-state index < -0.39 is 6.10 Å². The van der Waals surface area contributed by atoms with E-state index in [1.807, 2.05) is 6.08 Å². The van der Waals surface area contributed by atoms with Crippen molar-refractivity contribution in [2.75, 3.05) is 6.61 Å². The van der Waals surface area contributed by atoms with E-state index in [1.165, 1.54) is 5.57 Å². The highest BCUT2D eigenvalue weighted by atomic mass is 16.3. The minimum absolute atomic E-state index is 0.0541. The second kappa shape index (κ2) is 5.75. The molecule has 0 saturated heterocycles. The van der Waals surface area contributed by atoms with Gasteiger partial charge in [0.15, 0.2) is 11.6 Å². The van der Waals surface area contributed by atoms with Crippen LogP contribution in [0.25, 0.3) is 0 Å². The van der Waals surface area contributed by atoms with Crippen LogP contribution in [0.4, 0.5) is 0 Å². The third-order valence-electron chi connectivity index (χ3n) is 8.44. The lowest BCUT2D eigenvalue weighted by molar-refractivity contribution is -0.146. The number of fused-ring (bicyclic) bond motifs is 5. The summed E-state index contributed by atoms with van der Waals surface area (Å²) in [6.07, 6.45) is 7.32. The summed E-state index contributed by atoms with van der Waals surface area (Å²) in [6.45, 7) is 4.03. The monoisotopic (exact) mass is 346 g/mol. The predicted molar refractivity (Wildman–Crippen MR) is 93.7 cm³/mol. The Hall–Kier alpha value is -1.00. The van der Waals surface area contributed by atoms with Gasteiger partial charge in [0, 0.05) is 12.3 Å². The van der Waals surface area contributed by atoms with Crippen LogP contribution in [0.3, 0.4) is 0 Å². The summed E-state index contributed by atoms with van der Waals surface area (Å²) in [5, 5.41) is 20.5. The van der Waals surface area contributed by atoms with Gasteiger partial charge in [-0.1, -0.05) is 19.4 Å². The van der Waals surface area contributed by atoms with Crippen molar-refractivity contribution in [1.29, 1.82) is 0 Å². The van der Waals surface area contributed by atoms with Gasteiger partial charge in [-0.2, -0.15) is 0 Å². The lowest BCUT2D eigenvalue weighted by Crippen LogP contribution is -2.57. The molecule has 4 heteroatoms. The van der Waals surface area contributed by atoms with Crippen LogP contribution in [0, 0.1) is 34.5 Å². The number of carbonyl (C=O) groups excluding carboxylic acids is 2. The fourth-order valence-electron chi connectivity index (χ4n) is 7.33. The Morgan fingerprint density at radius 1 is 1.24 bits per heavy atom. The van der Waals surface area contributed by atoms with Crippen molar-refractivity contribution < 1.29 is 19.8 Å². The second-order valence-corrected chi connectivity index (χ2v) is 9.42. The molecular formula is C21H30O4. The summed E-state index contributed by atoms with van der Waals surface area (Å²) in [6, 6.07) is 0. The molecule has 0 aromatic rings. The molecule has 0 radical (unpaired) electrons. The average molecular weight is 346 g/mol. The maximum Gasteiger partial charge on any atom is 0.161 e. The molecule has 0 aromatic carbocycles. The number of hydrogen-bond donors (Lipinski definition) is 2. The quantitative estimate of drug-likeness (QED) is 0.806. The molecule has 2 N–H and O–H groups in total. The van der Waals surface area contributed by atoms with Crippen molar-refractivity contribution in [2.24, 2.45) is 34.5 Å². The molecule has 138 valence electrons. The Morgan fingerprint density at radius 2 is 2.00 bits per heavy atom. The van der Waals surface area contributed by atoms with Gasteiger partial charge in [-0.25, -0.2) is 0 Å². The van der Waals surface area contributed by atoms with Gasteiger partial charge >= 0.3 is 0 Å². The number of carbonyl (C=O) groups is 2. The standard InChI is InChI=1S/C21H30O4/c1-20-8-7-13(23)9-12(20)3-4-14-15-5-6-16(18(25)11-22)21(15,2)10-17(24)19(14)20/h9,14-17,19,22,24H,3-8,10-11H2,1-2H3/t14-,15?,16-,17+,19+,20+,21+/m1/s1. The molecule has 0 amide bonds. The fraction of sp³-hybridized carbons (Fsp3) is 0.810. The van der Waals surface area contributed by atoms with Crippen LogP contribution in [-0.2, 0) is 9.59 Å². The maximum atomic E-state index is 12.3. The first-order chi connectivity index (χ1) is 11.8.